The van der Waals surface area contributed by atoms with Crippen molar-refractivity contribution in [3.05, 3.63) is 65.0 Å². The molecule has 0 aliphatic heterocycles. The molecule has 0 atom stereocenters. The molecule has 2 heterocycles. The molecule has 7 heteroatoms. The molecule has 2 aromatic heterocycles. The minimum Gasteiger partial charge on any atom is -0.288 e. The first-order valence-corrected chi connectivity index (χ1v) is 8.16. The molecular weight excluding hydrogens is 328 g/mol. The second-order valence-corrected chi connectivity index (χ2v) is 6.00. The first kappa shape index (κ1) is 17.3. The third kappa shape index (κ3) is 4.11. The standard InChI is InChI=1S/C19H18N6O/c1-13(2)25-23-19(22-24-25)21-18(26)17-8-6-14(3)16(11-17)9-7-15-5-4-10-20-12-15/h4-6,8,10-13H,1-3H3,(H,21,23,26). The van der Waals surface area contributed by atoms with Crippen LogP contribution in [0.15, 0.2) is 42.7 Å². The van der Waals surface area contributed by atoms with E-state index in [1.54, 1.807) is 24.5 Å². The summed E-state index contributed by atoms with van der Waals surface area (Å²) in [6.45, 7) is 5.81. The van der Waals surface area contributed by atoms with Crippen molar-refractivity contribution in [2.45, 2.75) is 26.8 Å². The molecule has 3 rings (SSSR count). The maximum Gasteiger partial charge on any atom is 0.270 e. The van der Waals surface area contributed by atoms with E-state index in [4.69, 9.17) is 0 Å². The van der Waals surface area contributed by atoms with Crippen molar-refractivity contribution in [3.8, 4) is 11.8 Å². The maximum absolute atomic E-state index is 12.4. The normalized spacial score (nSPS) is 10.3. The van der Waals surface area contributed by atoms with Crippen LogP contribution < -0.4 is 5.32 Å². The van der Waals surface area contributed by atoms with Crippen molar-refractivity contribution < 1.29 is 4.79 Å². The van der Waals surface area contributed by atoms with Crippen molar-refractivity contribution >= 4 is 11.9 Å². The molecule has 0 spiro atoms. The van der Waals surface area contributed by atoms with Crippen molar-refractivity contribution in [1.82, 2.24) is 25.2 Å². The van der Waals surface area contributed by atoms with Crippen LogP contribution >= 0.6 is 0 Å². The number of anilines is 1. The molecular formula is C19H18N6O. The second-order valence-electron chi connectivity index (χ2n) is 6.00. The van der Waals surface area contributed by atoms with Gasteiger partial charge < -0.3 is 0 Å². The summed E-state index contributed by atoms with van der Waals surface area (Å²) < 4.78 is 0. The number of hydrogen-bond donors (Lipinski definition) is 1. The van der Waals surface area contributed by atoms with Crippen LogP contribution in [0.2, 0.25) is 0 Å². The van der Waals surface area contributed by atoms with Gasteiger partial charge in [0.25, 0.3) is 11.9 Å². The minimum atomic E-state index is -0.308. The summed E-state index contributed by atoms with van der Waals surface area (Å²) in [5.41, 5.74) is 3.06. The van der Waals surface area contributed by atoms with Gasteiger partial charge in [-0.1, -0.05) is 23.0 Å². The molecule has 130 valence electrons. The highest BCUT2D eigenvalue weighted by molar-refractivity contribution is 6.03. The molecule has 0 bridgehead atoms. The molecule has 0 radical (unpaired) electrons. The van der Waals surface area contributed by atoms with E-state index < -0.39 is 0 Å². The summed E-state index contributed by atoms with van der Waals surface area (Å²) in [6, 6.07) is 9.14. The molecule has 0 unspecified atom stereocenters. The maximum atomic E-state index is 12.4. The monoisotopic (exact) mass is 346 g/mol. The molecule has 26 heavy (non-hydrogen) atoms. The fourth-order valence-electron chi connectivity index (χ4n) is 2.14. The average molecular weight is 346 g/mol. The van der Waals surface area contributed by atoms with Crippen molar-refractivity contribution in [3.63, 3.8) is 0 Å². The Kier molecular flexibility index (Phi) is 5.04. The van der Waals surface area contributed by atoms with Crippen LogP contribution in [0.5, 0.6) is 0 Å². The summed E-state index contributed by atoms with van der Waals surface area (Å²) in [6.07, 6.45) is 3.40. The lowest BCUT2D eigenvalue weighted by atomic mass is 10.0. The van der Waals surface area contributed by atoms with E-state index in [9.17, 15) is 4.79 Å². The zero-order valence-electron chi connectivity index (χ0n) is 14.8. The van der Waals surface area contributed by atoms with Crippen LogP contribution in [0, 0.1) is 18.8 Å². The predicted molar refractivity (Wildman–Crippen MR) is 97.6 cm³/mol. The highest BCUT2D eigenvalue weighted by Crippen LogP contribution is 2.12. The predicted octanol–water partition coefficient (Wildman–Crippen LogP) is 2.61. The van der Waals surface area contributed by atoms with Crippen molar-refractivity contribution in [2.75, 3.05) is 5.32 Å². The number of hydrogen-bond acceptors (Lipinski definition) is 5. The van der Waals surface area contributed by atoms with Crippen LogP contribution in [-0.2, 0) is 0 Å². The quantitative estimate of drug-likeness (QED) is 0.737. The molecule has 1 aromatic carbocycles. The molecule has 0 aliphatic rings. The summed E-state index contributed by atoms with van der Waals surface area (Å²) in [5, 5.41) is 14.5. The topological polar surface area (TPSA) is 85.6 Å². The number of carbonyl (C=O) groups excluding carboxylic acids is 1. The Bertz CT molecular complexity index is 982. The fraction of sp³-hybridized carbons (Fsp3) is 0.211. The summed E-state index contributed by atoms with van der Waals surface area (Å²) >= 11 is 0. The number of aryl methyl sites for hydroxylation is 1. The van der Waals surface area contributed by atoms with Gasteiger partial charge in [-0.3, -0.25) is 15.1 Å². The van der Waals surface area contributed by atoms with Crippen molar-refractivity contribution in [2.24, 2.45) is 0 Å². The molecule has 0 saturated carbocycles. The molecule has 1 N–H and O–H groups in total. The number of rotatable bonds is 3. The van der Waals surface area contributed by atoms with Gasteiger partial charge in [-0.2, -0.15) is 4.80 Å². The van der Waals surface area contributed by atoms with Gasteiger partial charge in [-0.15, -0.1) is 5.10 Å². The van der Waals surface area contributed by atoms with E-state index in [1.165, 1.54) is 4.80 Å². The Balaban J connectivity index is 1.80. The molecule has 0 fully saturated rings. The van der Waals surface area contributed by atoms with Gasteiger partial charge in [0.2, 0.25) is 0 Å². The van der Waals surface area contributed by atoms with E-state index in [-0.39, 0.29) is 17.9 Å². The molecule has 0 saturated heterocycles. The lowest BCUT2D eigenvalue weighted by molar-refractivity contribution is 0.102. The lowest BCUT2D eigenvalue weighted by Gasteiger charge is -2.04. The fourth-order valence-corrected chi connectivity index (χ4v) is 2.14. The molecule has 7 nitrogen and oxygen atoms in total. The van der Waals surface area contributed by atoms with E-state index in [0.717, 1.165) is 16.7 Å². The summed E-state index contributed by atoms with van der Waals surface area (Å²) in [4.78, 5) is 17.9. The number of tetrazole rings is 1. The Morgan fingerprint density at radius 2 is 2.08 bits per heavy atom. The number of benzene rings is 1. The van der Waals surface area contributed by atoms with Crippen molar-refractivity contribution in [1.29, 1.82) is 0 Å². The van der Waals surface area contributed by atoms with E-state index in [1.807, 2.05) is 39.0 Å². The number of nitrogens with zero attached hydrogens (tertiary/aromatic N) is 5. The van der Waals surface area contributed by atoms with E-state index in [2.05, 4.69) is 37.6 Å². The molecule has 0 aliphatic carbocycles. The first-order chi connectivity index (χ1) is 12.5. The highest BCUT2D eigenvalue weighted by Gasteiger charge is 2.12. The highest BCUT2D eigenvalue weighted by atomic mass is 16.1. The Labute approximate surface area is 151 Å². The molecule has 3 aromatic rings. The van der Waals surface area contributed by atoms with E-state index in [0.29, 0.717) is 5.56 Å². The Morgan fingerprint density at radius 1 is 1.23 bits per heavy atom. The zero-order valence-corrected chi connectivity index (χ0v) is 14.8. The van der Waals surface area contributed by atoms with Crippen LogP contribution in [-0.4, -0.2) is 31.1 Å². The Hall–Kier alpha value is -3.53. The third-order valence-electron chi connectivity index (χ3n) is 3.62. The summed E-state index contributed by atoms with van der Waals surface area (Å²) in [7, 11) is 0. The number of aromatic nitrogens is 5. The van der Waals surface area contributed by atoms with Gasteiger partial charge in [0, 0.05) is 29.1 Å². The largest absolute Gasteiger partial charge is 0.288 e. The van der Waals surface area contributed by atoms with Gasteiger partial charge in [0.1, 0.15) is 0 Å². The first-order valence-electron chi connectivity index (χ1n) is 8.16. The second kappa shape index (κ2) is 7.57. The van der Waals surface area contributed by atoms with Crippen LogP contribution in [0.3, 0.4) is 0 Å². The number of carbonyl (C=O) groups is 1. The van der Waals surface area contributed by atoms with Gasteiger partial charge in [-0.05, 0) is 55.8 Å². The van der Waals surface area contributed by atoms with Gasteiger partial charge in [0.05, 0.1) is 6.04 Å². The van der Waals surface area contributed by atoms with Crippen LogP contribution in [0.1, 0.15) is 46.9 Å². The average Bonchev–Trinajstić information content (AvgIpc) is 3.10. The lowest BCUT2D eigenvalue weighted by Crippen LogP contribution is -2.14. The zero-order chi connectivity index (χ0) is 18.5. The van der Waals surface area contributed by atoms with Crippen LogP contribution in [0.4, 0.5) is 5.95 Å². The SMILES string of the molecule is Cc1ccc(C(=O)Nc2nnn(C(C)C)n2)cc1C#Cc1cccnc1. The van der Waals surface area contributed by atoms with Crippen LogP contribution in [0.25, 0.3) is 0 Å². The smallest absolute Gasteiger partial charge is 0.270 e. The summed E-state index contributed by atoms with van der Waals surface area (Å²) in [5.74, 6) is 6.01. The van der Waals surface area contributed by atoms with Gasteiger partial charge in [-0.25, -0.2) is 0 Å². The Morgan fingerprint density at radius 3 is 2.77 bits per heavy atom. The number of nitrogens with one attached hydrogen (secondary N) is 1. The number of amides is 1. The number of pyridine rings is 1. The van der Waals surface area contributed by atoms with Gasteiger partial charge in [0.15, 0.2) is 0 Å². The van der Waals surface area contributed by atoms with Gasteiger partial charge >= 0.3 is 0 Å². The third-order valence-corrected chi connectivity index (χ3v) is 3.62. The van der Waals surface area contributed by atoms with E-state index >= 15 is 0 Å². The minimum absolute atomic E-state index is 0.0712. The molecule has 1 amide bonds.